The largest absolute Gasteiger partial charge is 0.481 e. The first-order valence-corrected chi connectivity index (χ1v) is 12.0. The Kier molecular flexibility index (Phi) is 6.28. The summed E-state index contributed by atoms with van der Waals surface area (Å²) in [6.07, 6.45) is 1.36. The number of aromatic nitrogens is 3. The average Bonchev–Trinajstić information content (AvgIpc) is 3.62. The molecule has 2 aromatic heterocycles. The zero-order valence-electron chi connectivity index (χ0n) is 18.8. The lowest BCUT2D eigenvalue weighted by atomic mass is 10.1. The van der Waals surface area contributed by atoms with Crippen LogP contribution in [-0.2, 0) is 16.1 Å². The monoisotopic (exact) mass is 490 g/mol. The Morgan fingerprint density at radius 1 is 1.14 bits per heavy atom. The number of benzene rings is 2. The molecule has 1 N–H and O–H groups in total. The van der Waals surface area contributed by atoms with Crippen LogP contribution in [-0.4, -0.2) is 32.6 Å². The van der Waals surface area contributed by atoms with Crippen LogP contribution in [0.1, 0.15) is 46.7 Å². The molecule has 0 spiro atoms. The van der Waals surface area contributed by atoms with Gasteiger partial charge in [-0.15, -0.1) is 0 Å². The van der Waals surface area contributed by atoms with E-state index in [1.165, 1.54) is 21.9 Å². The molecule has 5 rings (SSSR count). The van der Waals surface area contributed by atoms with E-state index >= 15 is 0 Å². The Morgan fingerprint density at radius 2 is 1.89 bits per heavy atom. The summed E-state index contributed by atoms with van der Waals surface area (Å²) < 4.78 is 12.3. The topological polar surface area (TPSA) is 112 Å². The Labute approximate surface area is 204 Å². The molecule has 35 heavy (non-hydrogen) atoms. The van der Waals surface area contributed by atoms with Gasteiger partial charge in [0.15, 0.2) is 6.10 Å². The molecular weight excluding hydrogens is 468 g/mol. The van der Waals surface area contributed by atoms with Gasteiger partial charge in [0, 0.05) is 12.0 Å². The minimum absolute atomic E-state index is 0.180. The Hall–Kier alpha value is -4.05. The van der Waals surface area contributed by atoms with Gasteiger partial charge in [-0.05, 0) is 44.0 Å². The van der Waals surface area contributed by atoms with Gasteiger partial charge < -0.3 is 14.8 Å². The van der Waals surface area contributed by atoms with Crippen LogP contribution >= 0.6 is 11.3 Å². The molecule has 1 amide bonds. The van der Waals surface area contributed by atoms with Crippen LogP contribution < -0.4 is 15.6 Å². The lowest BCUT2D eigenvalue weighted by molar-refractivity contribution is -0.122. The summed E-state index contributed by atoms with van der Waals surface area (Å²) in [5, 5.41) is 7.96. The number of hydrogen-bond donors (Lipinski definition) is 1. The number of nitrogens with one attached hydrogen (secondary N) is 1. The number of esters is 1. The van der Waals surface area contributed by atoms with Gasteiger partial charge in [-0.25, -0.2) is 9.78 Å². The molecule has 0 radical (unpaired) electrons. The summed E-state index contributed by atoms with van der Waals surface area (Å²) >= 11 is 1.38. The SMILES string of the molecule is C[C@H](Oc1ccccc1)C(=O)Nc1ccccc1C(=O)OCc1cc(=O)n2nc(C3CC3)sc2n1. The number of hydrogen-bond acceptors (Lipinski definition) is 8. The summed E-state index contributed by atoms with van der Waals surface area (Å²) in [5.41, 5.74) is 0.496. The maximum atomic E-state index is 12.8. The third-order valence-corrected chi connectivity index (χ3v) is 6.49. The van der Waals surface area contributed by atoms with E-state index in [1.54, 1.807) is 43.3 Å². The fraction of sp³-hybridized carbons (Fsp3) is 0.240. The predicted molar refractivity (Wildman–Crippen MR) is 130 cm³/mol. The molecule has 0 bridgehead atoms. The van der Waals surface area contributed by atoms with Crippen LogP contribution in [0.25, 0.3) is 4.96 Å². The molecule has 1 fully saturated rings. The number of amides is 1. The first-order chi connectivity index (χ1) is 17.0. The van der Waals surface area contributed by atoms with Crippen LogP contribution in [0.4, 0.5) is 5.69 Å². The second-order valence-corrected chi connectivity index (χ2v) is 9.17. The number of nitrogens with zero attached hydrogens (tertiary/aromatic N) is 3. The number of anilines is 1. The zero-order valence-corrected chi connectivity index (χ0v) is 19.7. The molecule has 1 saturated carbocycles. The first-order valence-electron chi connectivity index (χ1n) is 11.2. The molecule has 10 heteroatoms. The smallest absolute Gasteiger partial charge is 0.340 e. The van der Waals surface area contributed by atoms with Gasteiger partial charge in [0.05, 0.1) is 16.9 Å². The summed E-state index contributed by atoms with van der Waals surface area (Å²) in [6.45, 7) is 1.44. The molecular formula is C25H22N4O5S. The third kappa shape index (κ3) is 5.22. The predicted octanol–water partition coefficient (Wildman–Crippen LogP) is 3.79. The van der Waals surface area contributed by atoms with Crippen LogP contribution in [0.3, 0.4) is 0 Å². The lowest BCUT2D eigenvalue weighted by Gasteiger charge is -2.16. The van der Waals surface area contributed by atoms with Crippen molar-refractivity contribution in [2.75, 3.05) is 5.32 Å². The Bertz CT molecular complexity index is 1450. The van der Waals surface area contributed by atoms with E-state index in [0.29, 0.717) is 28.0 Å². The standard InChI is InChI=1S/C25H22N4O5S/c1-15(34-18-7-3-2-4-8-18)22(31)27-20-10-6-5-9-19(20)24(32)33-14-17-13-21(30)29-25(26-17)35-23(28-29)16-11-12-16/h2-10,13,15-16H,11-12,14H2,1H3,(H,27,31)/t15-/m0/s1. The van der Waals surface area contributed by atoms with Gasteiger partial charge in [-0.1, -0.05) is 41.7 Å². The Morgan fingerprint density at radius 3 is 2.66 bits per heavy atom. The molecule has 0 unspecified atom stereocenters. The fourth-order valence-corrected chi connectivity index (χ4v) is 4.51. The van der Waals surface area contributed by atoms with Gasteiger partial charge in [0.25, 0.3) is 11.5 Å². The summed E-state index contributed by atoms with van der Waals surface area (Å²) in [6, 6.07) is 16.8. The molecule has 178 valence electrons. The number of ether oxygens (including phenoxy) is 2. The van der Waals surface area contributed by atoms with Gasteiger partial charge in [-0.3, -0.25) is 9.59 Å². The van der Waals surface area contributed by atoms with Crippen molar-refractivity contribution in [3.8, 4) is 5.75 Å². The van der Waals surface area contributed by atoms with Crippen molar-refractivity contribution in [2.24, 2.45) is 0 Å². The van der Waals surface area contributed by atoms with E-state index in [4.69, 9.17) is 9.47 Å². The minimum atomic E-state index is -0.787. The summed E-state index contributed by atoms with van der Waals surface area (Å²) in [7, 11) is 0. The van der Waals surface area contributed by atoms with E-state index in [2.05, 4.69) is 15.4 Å². The molecule has 9 nitrogen and oxygen atoms in total. The van der Waals surface area contributed by atoms with Gasteiger partial charge in [0.1, 0.15) is 17.4 Å². The normalized spacial score (nSPS) is 13.9. The highest BCUT2D eigenvalue weighted by atomic mass is 32.1. The highest BCUT2D eigenvalue weighted by molar-refractivity contribution is 7.16. The summed E-state index contributed by atoms with van der Waals surface area (Å²) in [5.74, 6) is -0.0864. The molecule has 1 aliphatic carbocycles. The summed E-state index contributed by atoms with van der Waals surface area (Å²) in [4.78, 5) is 42.8. The van der Waals surface area contributed by atoms with E-state index in [0.717, 1.165) is 17.8 Å². The molecule has 2 heterocycles. The molecule has 2 aromatic carbocycles. The number of fused-ring (bicyclic) bond motifs is 1. The van der Waals surface area contributed by atoms with Crippen molar-refractivity contribution in [3.63, 3.8) is 0 Å². The van der Waals surface area contributed by atoms with E-state index in [-0.39, 0.29) is 17.7 Å². The van der Waals surface area contributed by atoms with E-state index in [1.807, 2.05) is 18.2 Å². The van der Waals surface area contributed by atoms with Crippen molar-refractivity contribution < 1.29 is 19.1 Å². The van der Waals surface area contributed by atoms with Crippen LogP contribution in [0.15, 0.2) is 65.5 Å². The quantitative estimate of drug-likeness (QED) is 0.374. The molecule has 4 aromatic rings. The highest BCUT2D eigenvalue weighted by Crippen LogP contribution is 2.41. The van der Waals surface area contributed by atoms with Crippen molar-refractivity contribution in [1.82, 2.24) is 14.6 Å². The fourth-order valence-electron chi connectivity index (χ4n) is 3.42. The van der Waals surface area contributed by atoms with Gasteiger partial charge >= 0.3 is 5.97 Å². The number of carbonyl (C=O) groups is 2. The lowest BCUT2D eigenvalue weighted by Crippen LogP contribution is -2.30. The second-order valence-electron chi connectivity index (χ2n) is 8.18. The van der Waals surface area contributed by atoms with Crippen LogP contribution in [0.5, 0.6) is 5.75 Å². The first kappa shape index (κ1) is 22.7. The van der Waals surface area contributed by atoms with Gasteiger partial charge in [-0.2, -0.15) is 9.61 Å². The average molecular weight is 491 g/mol. The van der Waals surface area contributed by atoms with Crippen molar-refractivity contribution in [1.29, 1.82) is 0 Å². The van der Waals surface area contributed by atoms with E-state index in [9.17, 15) is 14.4 Å². The van der Waals surface area contributed by atoms with Crippen LogP contribution in [0, 0.1) is 0 Å². The minimum Gasteiger partial charge on any atom is -0.481 e. The second kappa shape index (κ2) is 9.67. The number of para-hydroxylation sites is 2. The third-order valence-electron chi connectivity index (χ3n) is 5.42. The van der Waals surface area contributed by atoms with Crippen molar-refractivity contribution >= 4 is 33.9 Å². The van der Waals surface area contributed by atoms with E-state index < -0.39 is 18.0 Å². The molecule has 0 saturated heterocycles. The Balaban J connectivity index is 1.25. The maximum absolute atomic E-state index is 12.8. The highest BCUT2D eigenvalue weighted by Gasteiger charge is 2.28. The molecule has 0 aliphatic heterocycles. The molecule has 1 atom stereocenters. The maximum Gasteiger partial charge on any atom is 0.340 e. The zero-order chi connectivity index (χ0) is 24.4. The number of carbonyl (C=O) groups excluding carboxylic acids is 2. The van der Waals surface area contributed by atoms with Gasteiger partial charge in [0.2, 0.25) is 4.96 Å². The van der Waals surface area contributed by atoms with Crippen molar-refractivity contribution in [3.05, 3.63) is 87.3 Å². The van der Waals surface area contributed by atoms with Crippen LogP contribution in [0.2, 0.25) is 0 Å². The number of rotatable bonds is 8. The van der Waals surface area contributed by atoms with Crippen molar-refractivity contribution in [2.45, 2.75) is 38.4 Å². The molecule has 1 aliphatic rings.